The molecular formula is C24H34O5. The van der Waals surface area contributed by atoms with E-state index in [2.05, 4.69) is 13.8 Å². The maximum absolute atomic E-state index is 12.9. The largest absolute Gasteiger partial charge is 0.469 e. The van der Waals surface area contributed by atoms with Gasteiger partial charge < -0.3 is 14.6 Å². The number of aliphatic hydroxyl groups is 1. The molecule has 5 nitrogen and oxygen atoms in total. The first-order valence-corrected chi connectivity index (χ1v) is 11.4. The zero-order valence-electron chi connectivity index (χ0n) is 17.9. The first-order chi connectivity index (χ1) is 13.7. The summed E-state index contributed by atoms with van der Waals surface area (Å²) < 4.78 is 11.3. The molecular weight excluding hydrogens is 368 g/mol. The Kier molecular flexibility index (Phi) is 4.27. The monoisotopic (exact) mass is 402 g/mol. The van der Waals surface area contributed by atoms with Crippen molar-refractivity contribution in [3.05, 3.63) is 11.6 Å². The zero-order valence-corrected chi connectivity index (χ0v) is 17.9. The van der Waals surface area contributed by atoms with Crippen LogP contribution >= 0.6 is 0 Å². The number of esters is 2. The van der Waals surface area contributed by atoms with Crippen molar-refractivity contribution in [1.29, 1.82) is 0 Å². The van der Waals surface area contributed by atoms with Gasteiger partial charge in [-0.25, -0.2) is 0 Å². The number of ether oxygens (including phenoxy) is 2. The predicted octanol–water partition coefficient (Wildman–Crippen LogP) is 3.79. The van der Waals surface area contributed by atoms with Gasteiger partial charge >= 0.3 is 11.9 Å². The fraction of sp³-hybridized carbons (Fsp3) is 0.833. The second-order valence-electron chi connectivity index (χ2n) is 10.8. The van der Waals surface area contributed by atoms with Crippen LogP contribution in [0.25, 0.3) is 0 Å². The van der Waals surface area contributed by atoms with E-state index in [1.165, 1.54) is 12.7 Å². The number of aliphatic hydroxyl groups excluding tert-OH is 1. The molecule has 0 radical (unpaired) electrons. The highest BCUT2D eigenvalue weighted by atomic mass is 16.6. The average Bonchev–Trinajstić information content (AvgIpc) is 3.22. The normalized spacial score (nSPS) is 51.0. The van der Waals surface area contributed by atoms with E-state index in [1.54, 1.807) is 0 Å². The number of carbonyl (C=O) groups excluding carboxylic acids is 2. The van der Waals surface area contributed by atoms with Gasteiger partial charge in [-0.3, -0.25) is 9.59 Å². The second-order valence-corrected chi connectivity index (χ2v) is 10.8. The van der Waals surface area contributed by atoms with Crippen LogP contribution in [-0.4, -0.2) is 35.9 Å². The minimum atomic E-state index is -0.394. The summed E-state index contributed by atoms with van der Waals surface area (Å²) in [6, 6.07) is 0. The van der Waals surface area contributed by atoms with Crippen LogP contribution in [0, 0.1) is 34.5 Å². The lowest BCUT2D eigenvalue weighted by Gasteiger charge is -2.61. The standard InChI is InChI=1S/C24H34O5/c1-22-8-4-15(25)12-14(22)13-16(21(27)28-3)20-17(22)5-9-23(2)18(20)6-10-24(23)11-7-19(26)29-24/h12,15-18,20,25H,4-11,13H2,1-3H3. The van der Waals surface area contributed by atoms with Crippen molar-refractivity contribution in [2.75, 3.05) is 7.11 Å². The van der Waals surface area contributed by atoms with Gasteiger partial charge in [-0.05, 0) is 74.5 Å². The molecule has 3 saturated carbocycles. The van der Waals surface area contributed by atoms with Gasteiger partial charge in [-0.2, -0.15) is 0 Å². The summed E-state index contributed by atoms with van der Waals surface area (Å²) in [5, 5.41) is 10.3. The lowest BCUT2D eigenvalue weighted by atomic mass is 9.44. The predicted molar refractivity (Wildman–Crippen MR) is 107 cm³/mol. The molecule has 4 fully saturated rings. The second kappa shape index (κ2) is 6.32. The molecule has 4 aliphatic carbocycles. The first kappa shape index (κ1) is 19.6. The van der Waals surface area contributed by atoms with Gasteiger partial charge in [0.15, 0.2) is 0 Å². The van der Waals surface area contributed by atoms with E-state index in [-0.39, 0.29) is 40.2 Å². The third-order valence-electron chi connectivity index (χ3n) is 9.98. The number of allylic oxidation sites excluding steroid dienone is 1. The molecule has 0 aromatic carbocycles. The molecule has 8 atom stereocenters. The van der Waals surface area contributed by atoms with Crippen molar-refractivity contribution in [2.45, 2.75) is 83.3 Å². The Morgan fingerprint density at radius 3 is 2.59 bits per heavy atom. The molecule has 5 aliphatic rings. The molecule has 0 amide bonds. The van der Waals surface area contributed by atoms with Crippen molar-refractivity contribution < 1.29 is 24.2 Å². The van der Waals surface area contributed by atoms with E-state index in [0.29, 0.717) is 24.7 Å². The maximum Gasteiger partial charge on any atom is 0.309 e. The van der Waals surface area contributed by atoms with E-state index in [0.717, 1.165) is 44.9 Å². The Balaban J connectivity index is 1.57. The van der Waals surface area contributed by atoms with Gasteiger partial charge in [-0.15, -0.1) is 0 Å². The van der Waals surface area contributed by atoms with Crippen LogP contribution in [0.2, 0.25) is 0 Å². The zero-order chi connectivity index (χ0) is 20.6. The van der Waals surface area contributed by atoms with Crippen molar-refractivity contribution in [3.8, 4) is 0 Å². The average molecular weight is 403 g/mol. The molecule has 29 heavy (non-hydrogen) atoms. The van der Waals surface area contributed by atoms with Gasteiger partial charge in [0.2, 0.25) is 0 Å². The highest BCUT2D eigenvalue weighted by Gasteiger charge is 2.69. The van der Waals surface area contributed by atoms with E-state index < -0.39 is 6.10 Å². The summed E-state index contributed by atoms with van der Waals surface area (Å²) in [5.41, 5.74) is 0.924. The van der Waals surface area contributed by atoms with Gasteiger partial charge in [0, 0.05) is 11.8 Å². The maximum atomic E-state index is 12.9. The number of fused-ring (bicyclic) bond motifs is 6. The third kappa shape index (κ3) is 2.49. The van der Waals surface area contributed by atoms with Crippen LogP contribution in [0.15, 0.2) is 11.6 Å². The summed E-state index contributed by atoms with van der Waals surface area (Å²) in [6.07, 6.45) is 9.51. The molecule has 8 unspecified atom stereocenters. The smallest absolute Gasteiger partial charge is 0.309 e. The van der Waals surface area contributed by atoms with Crippen LogP contribution in [-0.2, 0) is 19.1 Å². The van der Waals surface area contributed by atoms with Crippen molar-refractivity contribution in [1.82, 2.24) is 0 Å². The number of hydrogen-bond donors (Lipinski definition) is 1. The van der Waals surface area contributed by atoms with Crippen LogP contribution in [0.5, 0.6) is 0 Å². The SMILES string of the molecule is COC(=O)C1CC2=CC(O)CCC2(C)C2CCC3(C)C(CCC34CCC(=O)O4)C12. The molecule has 1 heterocycles. The molecule has 1 spiro atoms. The van der Waals surface area contributed by atoms with Crippen molar-refractivity contribution >= 4 is 11.9 Å². The summed E-state index contributed by atoms with van der Waals surface area (Å²) >= 11 is 0. The number of rotatable bonds is 1. The number of methoxy groups -OCH3 is 1. The molecule has 5 rings (SSSR count). The van der Waals surface area contributed by atoms with Gasteiger partial charge in [0.05, 0.1) is 19.1 Å². The molecule has 0 bridgehead atoms. The van der Waals surface area contributed by atoms with Crippen LogP contribution in [0.1, 0.15) is 71.6 Å². The Bertz CT molecular complexity index is 773. The quantitative estimate of drug-likeness (QED) is 0.534. The van der Waals surface area contributed by atoms with Crippen molar-refractivity contribution in [2.24, 2.45) is 34.5 Å². The van der Waals surface area contributed by atoms with Gasteiger partial charge in [-0.1, -0.05) is 25.5 Å². The minimum Gasteiger partial charge on any atom is -0.469 e. The van der Waals surface area contributed by atoms with E-state index >= 15 is 0 Å². The summed E-state index contributed by atoms with van der Waals surface area (Å²) in [4.78, 5) is 25.0. The molecule has 1 N–H and O–H groups in total. The summed E-state index contributed by atoms with van der Waals surface area (Å²) in [7, 11) is 1.49. The highest BCUT2D eigenvalue weighted by Crippen LogP contribution is 2.70. The van der Waals surface area contributed by atoms with Crippen LogP contribution in [0.3, 0.4) is 0 Å². The molecule has 1 saturated heterocycles. The topological polar surface area (TPSA) is 72.8 Å². The minimum absolute atomic E-state index is 0.0534. The summed E-state index contributed by atoms with van der Waals surface area (Å²) in [6.45, 7) is 4.69. The van der Waals surface area contributed by atoms with Gasteiger partial charge in [0.1, 0.15) is 5.60 Å². The van der Waals surface area contributed by atoms with Crippen molar-refractivity contribution in [3.63, 3.8) is 0 Å². The lowest BCUT2D eigenvalue weighted by Crippen LogP contribution is -2.58. The Morgan fingerprint density at radius 1 is 1.14 bits per heavy atom. The van der Waals surface area contributed by atoms with E-state index in [4.69, 9.17) is 9.47 Å². The third-order valence-corrected chi connectivity index (χ3v) is 9.98. The fourth-order valence-electron chi connectivity index (χ4n) is 8.40. The molecule has 160 valence electrons. The lowest BCUT2D eigenvalue weighted by molar-refractivity contribution is -0.177. The van der Waals surface area contributed by atoms with Crippen LogP contribution in [0.4, 0.5) is 0 Å². The van der Waals surface area contributed by atoms with Crippen LogP contribution < -0.4 is 0 Å². The first-order valence-electron chi connectivity index (χ1n) is 11.4. The Morgan fingerprint density at radius 2 is 1.90 bits per heavy atom. The van der Waals surface area contributed by atoms with E-state index in [9.17, 15) is 14.7 Å². The van der Waals surface area contributed by atoms with E-state index in [1.807, 2.05) is 6.08 Å². The number of carbonyl (C=O) groups is 2. The number of hydrogen-bond acceptors (Lipinski definition) is 5. The van der Waals surface area contributed by atoms with Gasteiger partial charge in [0.25, 0.3) is 0 Å². The Hall–Kier alpha value is -1.36. The molecule has 0 aromatic heterocycles. The molecule has 1 aliphatic heterocycles. The molecule has 5 heteroatoms. The fourth-order valence-corrected chi connectivity index (χ4v) is 8.40. The highest BCUT2D eigenvalue weighted by molar-refractivity contribution is 5.74. The molecule has 0 aromatic rings. The Labute approximate surface area is 173 Å². The summed E-state index contributed by atoms with van der Waals surface area (Å²) in [5.74, 6) is 0.729.